The molecule has 9 aromatic rings. The Bertz CT molecular complexity index is 2640. The molecular formula is C56H50N2S. The number of hydrogen-bond donors (Lipinski definition) is 0. The van der Waals surface area contributed by atoms with Crippen LogP contribution in [0.2, 0.25) is 0 Å². The van der Waals surface area contributed by atoms with Gasteiger partial charge in [-0.3, -0.25) is 0 Å². The first-order chi connectivity index (χ1) is 28.5. The summed E-state index contributed by atoms with van der Waals surface area (Å²) in [5.74, 6) is 0. The van der Waals surface area contributed by atoms with Crippen molar-refractivity contribution in [2.24, 2.45) is 0 Å². The van der Waals surface area contributed by atoms with Crippen molar-refractivity contribution in [1.29, 1.82) is 0 Å². The molecule has 0 saturated heterocycles. The first kappa shape index (κ1) is 38.1. The fraction of sp³-hybridized carbons (Fsp3) is 0.143. The lowest BCUT2D eigenvalue weighted by atomic mass is 9.87. The van der Waals surface area contributed by atoms with Crippen LogP contribution in [0.5, 0.6) is 0 Å². The van der Waals surface area contributed by atoms with Crippen molar-refractivity contribution < 1.29 is 0 Å². The summed E-state index contributed by atoms with van der Waals surface area (Å²) in [6, 6.07) is 71.2. The van der Waals surface area contributed by atoms with Gasteiger partial charge in [0.05, 0.1) is 0 Å². The lowest BCUT2D eigenvalue weighted by molar-refractivity contribution is 0.590. The average Bonchev–Trinajstić information content (AvgIpc) is 3.62. The highest BCUT2D eigenvalue weighted by atomic mass is 32.1. The van der Waals surface area contributed by atoms with Crippen LogP contribution in [0.3, 0.4) is 0 Å². The van der Waals surface area contributed by atoms with Gasteiger partial charge in [0.2, 0.25) is 0 Å². The van der Waals surface area contributed by atoms with Gasteiger partial charge in [0, 0.05) is 54.3 Å². The highest BCUT2D eigenvalue weighted by Crippen LogP contribution is 2.44. The van der Waals surface area contributed by atoms with Gasteiger partial charge < -0.3 is 9.80 Å². The summed E-state index contributed by atoms with van der Waals surface area (Å²) >= 11 is 1.86. The van der Waals surface area contributed by atoms with E-state index < -0.39 is 0 Å². The molecule has 0 unspecified atom stereocenters. The average molecular weight is 783 g/mol. The minimum atomic E-state index is 0.0760. The van der Waals surface area contributed by atoms with Crippen molar-refractivity contribution in [2.45, 2.75) is 52.4 Å². The number of hydrogen-bond acceptors (Lipinski definition) is 3. The molecule has 0 atom stereocenters. The summed E-state index contributed by atoms with van der Waals surface area (Å²) in [4.78, 5) is 4.77. The van der Waals surface area contributed by atoms with Gasteiger partial charge in [-0.25, -0.2) is 0 Å². The minimum Gasteiger partial charge on any atom is -0.310 e. The lowest BCUT2D eigenvalue weighted by Gasteiger charge is -2.27. The van der Waals surface area contributed by atoms with Crippen LogP contribution >= 0.6 is 11.3 Å². The standard InChI is InChI=1S/C56H50N2S/c1-55(2,3)43-21-29-47(30-22-43)57(45-25-17-41(18-26-45)39-13-9-7-10-14-39)49-33-35-51-52-36-34-50(38-54(52)59-53(51)37-49)58(48-31-23-44(24-32-48)56(4,5)6)46-27-19-42(20-28-46)40-15-11-8-12-16-40/h7-38H,1-6H3. The molecule has 9 rings (SSSR count). The van der Waals surface area contributed by atoms with E-state index in [1.807, 2.05) is 11.3 Å². The van der Waals surface area contributed by atoms with Crippen molar-refractivity contribution in [3.8, 4) is 22.3 Å². The molecule has 290 valence electrons. The molecule has 0 saturated carbocycles. The molecule has 8 aromatic carbocycles. The maximum atomic E-state index is 2.39. The number of fused-ring (bicyclic) bond motifs is 3. The smallest absolute Gasteiger partial charge is 0.0476 e. The summed E-state index contributed by atoms with van der Waals surface area (Å²) in [5, 5.41) is 2.55. The fourth-order valence-electron chi connectivity index (χ4n) is 8.02. The van der Waals surface area contributed by atoms with E-state index in [1.165, 1.54) is 53.6 Å². The Balaban J connectivity index is 1.12. The zero-order valence-corrected chi connectivity index (χ0v) is 35.6. The van der Waals surface area contributed by atoms with Crippen LogP contribution in [0, 0.1) is 0 Å². The number of nitrogens with zero attached hydrogens (tertiary/aromatic N) is 2. The number of rotatable bonds is 8. The minimum absolute atomic E-state index is 0.0760. The van der Waals surface area contributed by atoms with Gasteiger partial charge in [0.25, 0.3) is 0 Å². The van der Waals surface area contributed by atoms with Gasteiger partial charge in [0.15, 0.2) is 0 Å². The predicted octanol–water partition coefficient (Wildman–Crippen LogP) is 16.9. The van der Waals surface area contributed by atoms with E-state index in [0.717, 1.165) is 34.1 Å². The van der Waals surface area contributed by atoms with Crippen LogP contribution in [-0.4, -0.2) is 0 Å². The second-order valence-electron chi connectivity index (χ2n) is 17.6. The molecule has 2 nitrogen and oxygen atoms in total. The highest BCUT2D eigenvalue weighted by molar-refractivity contribution is 7.25. The van der Waals surface area contributed by atoms with Crippen LogP contribution in [0.15, 0.2) is 194 Å². The van der Waals surface area contributed by atoms with Crippen molar-refractivity contribution in [2.75, 3.05) is 9.80 Å². The molecule has 0 aliphatic rings. The second-order valence-corrected chi connectivity index (χ2v) is 18.6. The Labute approximate surface area is 353 Å². The van der Waals surface area contributed by atoms with Crippen molar-refractivity contribution in [1.82, 2.24) is 0 Å². The van der Waals surface area contributed by atoms with Crippen LogP contribution in [0.25, 0.3) is 42.4 Å². The summed E-state index contributed by atoms with van der Waals surface area (Å²) in [7, 11) is 0. The van der Waals surface area contributed by atoms with Crippen molar-refractivity contribution in [3.05, 3.63) is 205 Å². The van der Waals surface area contributed by atoms with Crippen LogP contribution in [0.1, 0.15) is 52.7 Å². The van der Waals surface area contributed by atoms with Gasteiger partial charge in [0.1, 0.15) is 0 Å². The molecular weight excluding hydrogens is 733 g/mol. The molecule has 0 radical (unpaired) electrons. The first-order valence-electron chi connectivity index (χ1n) is 20.6. The van der Waals surface area contributed by atoms with Gasteiger partial charge in [-0.15, -0.1) is 11.3 Å². The number of thiophene rings is 1. The first-order valence-corrected chi connectivity index (χ1v) is 21.4. The van der Waals surface area contributed by atoms with Crippen LogP contribution in [-0.2, 0) is 10.8 Å². The maximum absolute atomic E-state index is 2.39. The SMILES string of the molecule is CC(C)(C)c1ccc(N(c2ccc(-c3ccccc3)cc2)c2ccc3c(c2)sc2cc(N(c4ccc(-c5ccccc5)cc4)c4ccc(C(C)(C)C)cc4)ccc23)cc1. The Kier molecular flexibility index (Phi) is 9.95. The zero-order valence-electron chi connectivity index (χ0n) is 34.8. The quantitative estimate of drug-likeness (QED) is 0.151. The van der Waals surface area contributed by atoms with E-state index >= 15 is 0 Å². The second kappa shape index (κ2) is 15.4. The Morgan fingerprint density at radius 2 is 0.593 bits per heavy atom. The van der Waals surface area contributed by atoms with E-state index in [-0.39, 0.29) is 10.8 Å². The Morgan fingerprint density at radius 3 is 0.915 bits per heavy atom. The van der Waals surface area contributed by atoms with Crippen molar-refractivity contribution in [3.63, 3.8) is 0 Å². The third-order valence-corrected chi connectivity index (χ3v) is 12.5. The van der Waals surface area contributed by atoms with E-state index in [1.54, 1.807) is 0 Å². The Morgan fingerprint density at radius 1 is 0.305 bits per heavy atom. The molecule has 1 heterocycles. The summed E-state index contributed by atoms with van der Waals surface area (Å²) in [6.07, 6.45) is 0. The molecule has 0 amide bonds. The van der Waals surface area contributed by atoms with E-state index in [9.17, 15) is 0 Å². The summed E-state index contributed by atoms with van der Waals surface area (Å²) in [6.45, 7) is 13.6. The molecule has 0 bridgehead atoms. The van der Waals surface area contributed by atoms with Gasteiger partial charge in [-0.1, -0.05) is 163 Å². The zero-order chi connectivity index (χ0) is 40.7. The van der Waals surface area contributed by atoms with Gasteiger partial charge in [-0.2, -0.15) is 0 Å². The topological polar surface area (TPSA) is 6.48 Å². The highest BCUT2D eigenvalue weighted by Gasteiger charge is 2.20. The molecule has 0 aliphatic heterocycles. The number of anilines is 6. The molecule has 0 aliphatic carbocycles. The van der Waals surface area contributed by atoms with Gasteiger partial charge in [-0.05, 0) is 117 Å². The van der Waals surface area contributed by atoms with E-state index in [4.69, 9.17) is 0 Å². The van der Waals surface area contributed by atoms with Crippen LogP contribution in [0.4, 0.5) is 34.1 Å². The molecule has 0 fully saturated rings. The normalized spacial score (nSPS) is 11.9. The predicted molar refractivity (Wildman–Crippen MR) is 257 cm³/mol. The molecule has 0 spiro atoms. The third kappa shape index (κ3) is 7.79. The van der Waals surface area contributed by atoms with Crippen LogP contribution < -0.4 is 9.80 Å². The van der Waals surface area contributed by atoms with Crippen molar-refractivity contribution >= 4 is 65.6 Å². The molecule has 59 heavy (non-hydrogen) atoms. The largest absolute Gasteiger partial charge is 0.310 e. The third-order valence-electron chi connectivity index (χ3n) is 11.4. The fourth-order valence-corrected chi connectivity index (χ4v) is 9.19. The lowest BCUT2D eigenvalue weighted by Crippen LogP contribution is -2.13. The summed E-state index contributed by atoms with van der Waals surface area (Å²) < 4.78 is 2.53. The molecule has 3 heteroatoms. The van der Waals surface area contributed by atoms with E-state index in [2.05, 4.69) is 245 Å². The molecule has 0 N–H and O–H groups in total. The maximum Gasteiger partial charge on any atom is 0.0476 e. The monoisotopic (exact) mass is 782 g/mol. The summed E-state index contributed by atoms with van der Waals surface area (Å²) in [5.41, 5.74) is 14.5. The van der Waals surface area contributed by atoms with Gasteiger partial charge >= 0.3 is 0 Å². The van der Waals surface area contributed by atoms with E-state index in [0.29, 0.717) is 0 Å². The number of benzene rings is 8. The Hall–Kier alpha value is -6.42. The molecule has 1 aromatic heterocycles.